The molecule has 1 aromatic carbocycles. The molecular formula is C20H31N7O7. The van der Waals surface area contributed by atoms with Crippen molar-refractivity contribution in [3.8, 4) is 5.75 Å². The first kappa shape index (κ1) is 28.1. The van der Waals surface area contributed by atoms with E-state index in [0.717, 1.165) is 0 Å². The van der Waals surface area contributed by atoms with E-state index in [-0.39, 0.29) is 37.5 Å². The number of nitrogens with two attached hydrogens (primary N) is 3. The molecule has 0 saturated heterocycles. The van der Waals surface area contributed by atoms with Gasteiger partial charge in [-0.15, -0.1) is 0 Å². The normalized spacial score (nSPS) is 13.1. The van der Waals surface area contributed by atoms with Gasteiger partial charge in [0, 0.05) is 13.0 Å². The van der Waals surface area contributed by atoms with Crippen LogP contribution in [0.15, 0.2) is 29.3 Å². The predicted octanol–water partition coefficient (Wildman–Crippen LogP) is -3.52. The molecule has 0 aliphatic carbocycles. The van der Waals surface area contributed by atoms with E-state index in [2.05, 4.69) is 20.9 Å². The molecule has 0 heterocycles. The maximum absolute atomic E-state index is 12.9. The number of carbonyl (C=O) groups excluding carboxylic acids is 3. The lowest BCUT2D eigenvalue weighted by atomic mass is 10.0. The van der Waals surface area contributed by atoms with Crippen LogP contribution in [0.2, 0.25) is 0 Å². The number of aromatic hydroxyl groups is 1. The fourth-order valence-electron chi connectivity index (χ4n) is 2.83. The molecule has 0 spiro atoms. The smallest absolute Gasteiger partial charge is 0.326 e. The van der Waals surface area contributed by atoms with Gasteiger partial charge in [-0.25, -0.2) is 4.79 Å². The van der Waals surface area contributed by atoms with Crippen LogP contribution >= 0.6 is 0 Å². The van der Waals surface area contributed by atoms with E-state index in [1.165, 1.54) is 24.3 Å². The topological polar surface area (TPSA) is 255 Å². The fraction of sp³-hybridized carbons (Fsp3) is 0.450. The number of carbonyl (C=O) groups is 4. The van der Waals surface area contributed by atoms with Gasteiger partial charge in [0.25, 0.3) is 0 Å². The maximum atomic E-state index is 12.9. The highest BCUT2D eigenvalue weighted by molar-refractivity contribution is 5.93. The van der Waals surface area contributed by atoms with Gasteiger partial charge < -0.3 is 48.5 Å². The van der Waals surface area contributed by atoms with E-state index >= 15 is 0 Å². The zero-order valence-corrected chi connectivity index (χ0v) is 18.4. The van der Waals surface area contributed by atoms with E-state index in [1.54, 1.807) is 0 Å². The van der Waals surface area contributed by atoms with Crippen molar-refractivity contribution in [2.75, 3.05) is 19.7 Å². The van der Waals surface area contributed by atoms with Gasteiger partial charge in [0.2, 0.25) is 17.7 Å². The van der Waals surface area contributed by atoms with E-state index in [9.17, 15) is 34.5 Å². The first-order chi connectivity index (χ1) is 16.1. The largest absolute Gasteiger partial charge is 0.508 e. The van der Waals surface area contributed by atoms with Crippen LogP contribution in [-0.4, -0.2) is 82.8 Å². The summed E-state index contributed by atoms with van der Waals surface area (Å²) < 4.78 is 0. The molecule has 14 nitrogen and oxygen atoms in total. The van der Waals surface area contributed by atoms with Crippen LogP contribution in [0.3, 0.4) is 0 Å². The Kier molecular flexibility index (Phi) is 11.8. The van der Waals surface area contributed by atoms with Crippen LogP contribution in [0.1, 0.15) is 18.4 Å². The molecule has 12 N–H and O–H groups in total. The minimum Gasteiger partial charge on any atom is -0.508 e. The number of phenols is 1. The lowest BCUT2D eigenvalue weighted by molar-refractivity contribution is -0.142. The second kappa shape index (κ2) is 14.3. The quantitative estimate of drug-likeness (QED) is 0.0718. The number of benzene rings is 1. The van der Waals surface area contributed by atoms with Crippen molar-refractivity contribution in [1.82, 2.24) is 16.0 Å². The van der Waals surface area contributed by atoms with Gasteiger partial charge in [0.05, 0.1) is 13.2 Å². The zero-order valence-electron chi connectivity index (χ0n) is 18.4. The van der Waals surface area contributed by atoms with Gasteiger partial charge in [0.1, 0.15) is 23.9 Å². The van der Waals surface area contributed by atoms with Gasteiger partial charge >= 0.3 is 5.97 Å². The number of hydrogen-bond acceptors (Lipinski definition) is 8. The summed E-state index contributed by atoms with van der Waals surface area (Å²) in [5.41, 5.74) is 16.2. The molecule has 3 atom stereocenters. The SMILES string of the molecule is NCC(=O)NC(CO)C(=O)NC(Cc1ccc(O)cc1)C(=O)NC(CCCN=C(N)N)C(=O)O. The van der Waals surface area contributed by atoms with Crippen molar-refractivity contribution in [2.24, 2.45) is 22.2 Å². The Bertz CT molecular complexity index is 873. The summed E-state index contributed by atoms with van der Waals surface area (Å²) in [6.07, 6.45) is 0.215. The number of carboxylic acids is 1. The van der Waals surface area contributed by atoms with Crippen LogP contribution < -0.4 is 33.2 Å². The van der Waals surface area contributed by atoms with E-state index in [4.69, 9.17) is 17.2 Å². The summed E-state index contributed by atoms with van der Waals surface area (Å²) in [4.78, 5) is 52.4. The predicted molar refractivity (Wildman–Crippen MR) is 121 cm³/mol. The van der Waals surface area contributed by atoms with Gasteiger partial charge in [-0.05, 0) is 30.5 Å². The molecule has 1 aromatic rings. The van der Waals surface area contributed by atoms with Crippen LogP contribution in [-0.2, 0) is 25.6 Å². The molecular weight excluding hydrogens is 450 g/mol. The monoisotopic (exact) mass is 481 g/mol. The Hall–Kier alpha value is -3.91. The third-order valence-electron chi connectivity index (χ3n) is 4.59. The molecule has 0 fully saturated rings. The summed E-state index contributed by atoms with van der Waals surface area (Å²) >= 11 is 0. The number of hydrogen-bond donors (Lipinski definition) is 9. The number of guanidine groups is 1. The Morgan fingerprint density at radius 2 is 1.53 bits per heavy atom. The van der Waals surface area contributed by atoms with Crippen LogP contribution in [0.4, 0.5) is 0 Å². The number of aliphatic hydroxyl groups is 1. The van der Waals surface area contributed by atoms with Crippen molar-refractivity contribution < 1.29 is 34.5 Å². The summed E-state index contributed by atoms with van der Waals surface area (Å²) in [7, 11) is 0. The van der Waals surface area contributed by atoms with E-state index in [1.807, 2.05) is 0 Å². The van der Waals surface area contributed by atoms with Crippen molar-refractivity contribution in [3.63, 3.8) is 0 Å². The first-order valence-corrected chi connectivity index (χ1v) is 10.3. The number of aliphatic imine (C=N–C) groups is 1. The molecule has 34 heavy (non-hydrogen) atoms. The van der Waals surface area contributed by atoms with E-state index < -0.39 is 55.0 Å². The average Bonchev–Trinajstić information content (AvgIpc) is 2.79. The third-order valence-corrected chi connectivity index (χ3v) is 4.59. The summed E-state index contributed by atoms with van der Waals surface area (Å²) in [5.74, 6) is -3.82. The van der Waals surface area contributed by atoms with Crippen molar-refractivity contribution in [1.29, 1.82) is 0 Å². The summed E-state index contributed by atoms with van der Waals surface area (Å²) in [6.45, 7) is -1.01. The van der Waals surface area contributed by atoms with Crippen LogP contribution in [0, 0.1) is 0 Å². The molecule has 3 amide bonds. The lowest BCUT2D eigenvalue weighted by Crippen LogP contribution is -2.57. The highest BCUT2D eigenvalue weighted by Crippen LogP contribution is 2.12. The highest BCUT2D eigenvalue weighted by atomic mass is 16.4. The number of nitrogens with one attached hydrogen (secondary N) is 3. The van der Waals surface area contributed by atoms with Crippen LogP contribution in [0.5, 0.6) is 5.75 Å². The maximum Gasteiger partial charge on any atom is 0.326 e. The number of carboxylic acid groups (broad SMARTS) is 1. The molecule has 0 aliphatic heterocycles. The standard InChI is InChI=1S/C20H31N7O7/c21-9-16(30)25-15(10-28)18(32)27-14(8-11-3-5-12(29)6-4-11)17(31)26-13(19(33)34)2-1-7-24-20(22)23/h3-6,13-15,28-29H,1-2,7-10,21H2,(H,25,30)(H,26,31)(H,27,32)(H,33,34)(H4,22,23,24). The molecule has 0 saturated carbocycles. The molecule has 0 aromatic heterocycles. The molecule has 14 heteroatoms. The number of aliphatic carboxylic acids is 1. The molecule has 188 valence electrons. The Balaban J connectivity index is 3.00. The summed E-state index contributed by atoms with van der Waals surface area (Å²) in [5, 5.41) is 35.3. The molecule has 0 radical (unpaired) electrons. The molecule has 0 aliphatic rings. The van der Waals surface area contributed by atoms with Crippen molar-refractivity contribution >= 4 is 29.7 Å². The molecule has 0 bridgehead atoms. The first-order valence-electron chi connectivity index (χ1n) is 10.3. The van der Waals surface area contributed by atoms with Gasteiger partial charge in [-0.3, -0.25) is 19.4 Å². The number of nitrogens with zero attached hydrogens (tertiary/aromatic N) is 1. The minimum atomic E-state index is -1.37. The average molecular weight is 482 g/mol. The number of aliphatic hydroxyl groups excluding tert-OH is 1. The minimum absolute atomic E-state index is 0.00894. The third kappa shape index (κ3) is 10.1. The van der Waals surface area contributed by atoms with Gasteiger partial charge in [-0.1, -0.05) is 12.1 Å². The number of phenolic OH excluding ortho intramolecular Hbond substituents is 1. The van der Waals surface area contributed by atoms with Crippen LogP contribution in [0.25, 0.3) is 0 Å². The molecule has 3 unspecified atom stereocenters. The van der Waals surface area contributed by atoms with Crippen molar-refractivity contribution in [2.45, 2.75) is 37.4 Å². The Morgan fingerprint density at radius 1 is 0.941 bits per heavy atom. The van der Waals surface area contributed by atoms with Crippen molar-refractivity contribution in [3.05, 3.63) is 29.8 Å². The lowest BCUT2D eigenvalue weighted by Gasteiger charge is -2.24. The summed E-state index contributed by atoms with van der Waals surface area (Å²) in [6, 6.07) is 1.88. The van der Waals surface area contributed by atoms with E-state index in [0.29, 0.717) is 5.56 Å². The fourth-order valence-corrected chi connectivity index (χ4v) is 2.83. The number of rotatable bonds is 14. The second-order valence-electron chi connectivity index (χ2n) is 7.29. The van der Waals surface area contributed by atoms with Gasteiger partial charge in [-0.2, -0.15) is 0 Å². The Labute approximate surface area is 195 Å². The Morgan fingerprint density at radius 3 is 2.06 bits per heavy atom. The molecule has 1 rings (SSSR count). The highest BCUT2D eigenvalue weighted by Gasteiger charge is 2.29. The van der Waals surface area contributed by atoms with Gasteiger partial charge in [0.15, 0.2) is 5.96 Å². The zero-order chi connectivity index (χ0) is 25.7. The number of amides is 3. The second-order valence-corrected chi connectivity index (χ2v) is 7.29.